The fraction of sp³-hybridized carbons (Fsp3) is 0.545. The molecule has 214 valence electrons. The van der Waals surface area contributed by atoms with Crippen molar-refractivity contribution in [1.82, 2.24) is 20.7 Å². The normalized spacial score (nSPS) is 29.6. The van der Waals surface area contributed by atoms with E-state index in [0.717, 1.165) is 67.4 Å². The number of piperazine rings is 1. The van der Waals surface area contributed by atoms with E-state index in [9.17, 15) is 0 Å². The van der Waals surface area contributed by atoms with Gasteiger partial charge in [-0.15, -0.1) is 0 Å². The van der Waals surface area contributed by atoms with Crippen LogP contribution in [-0.2, 0) is 0 Å². The third kappa shape index (κ3) is 5.10. The topological polar surface area (TPSA) is 64.2 Å². The fourth-order valence-corrected chi connectivity index (χ4v) is 7.76. The van der Waals surface area contributed by atoms with Crippen molar-refractivity contribution >= 4 is 17.7 Å². The summed E-state index contributed by atoms with van der Waals surface area (Å²) in [6.45, 7) is 14.4. The average Bonchev–Trinajstić information content (AvgIpc) is 2.97. The van der Waals surface area contributed by atoms with Crippen LogP contribution >= 0.6 is 0 Å². The fourth-order valence-electron chi connectivity index (χ4n) is 7.76. The molecular formula is C33H46N6O. The summed E-state index contributed by atoms with van der Waals surface area (Å²) in [6.07, 6.45) is 6.98. The number of fused-ring (bicyclic) bond motifs is 3. The molecule has 3 N–H and O–H groups in total. The maximum atomic E-state index is 5.76. The largest absolute Gasteiger partial charge is 0.494 e. The number of anilines is 1. The second-order valence-electron chi connectivity index (χ2n) is 12.6. The molecule has 0 spiro atoms. The lowest BCUT2D eigenvalue weighted by atomic mass is 9.44. The standard InChI is InChI=1S/C33H46N6O/c1-6-40-27-12-9-23-13-14-35-31(28(23)21-27)24-7-10-26(11-8-24)36-32(34-5)37-39-17-15-38(16-18-39)30-20-25-19-29(22(30)2)33(25,3)4/h7-14,21-22,25,29-31,35H,6,15-20H2,1-5H3,(H2,34,36,37). The Kier molecular flexibility index (Phi) is 7.53. The minimum atomic E-state index is 0.0899. The lowest BCUT2D eigenvalue weighted by Gasteiger charge is -2.64. The van der Waals surface area contributed by atoms with Crippen molar-refractivity contribution in [3.8, 4) is 5.75 Å². The van der Waals surface area contributed by atoms with Crippen LogP contribution in [0.2, 0.25) is 0 Å². The van der Waals surface area contributed by atoms with Crippen LogP contribution in [0.5, 0.6) is 5.75 Å². The zero-order valence-electron chi connectivity index (χ0n) is 24.8. The number of benzene rings is 2. The van der Waals surface area contributed by atoms with Crippen molar-refractivity contribution in [2.45, 2.75) is 52.6 Å². The van der Waals surface area contributed by atoms with Crippen LogP contribution in [0.25, 0.3) is 6.08 Å². The highest BCUT2D eigenvalue weighted by atomic mass is 16.5. The maximum Gasteiger partial charge on any atom is 0.210 e. The van der Waals surface area contributed by atoms with E-state index in [4.69, 9.17) is 4.74 Å². The van der Waals surface area contributed by atoms with Crippen molar-refractivity contribution in [3.63, 3.8) is 0 Å². The molecule has 7 heteroatoms. The summed E-state index contributed by atoms with van der Waals surface area (Å²) in [5, 5.41) is 9.31. The van der Waals surface area contributed by atoms with Crippen molar-refractivity contribution in [3.05, 3.63) is 65.4 Å². The number of aliphatic imine (C=N–C) groups is 1. The van der Waals surface area contributed by atoms with Crippen LogP contribution in [0.4, 0.5) is 5.69 Å². The lowest BCUT2D eigenvalue weighted by molar-refractivity contribution is -0.143. The number of ether oxygens (including phenoxy) is 1. The molecule has 7 nitrogen and oxygen atoms in total. The Balaban J connectivity index is 1.03. The summed E-state index contributed by atoms with van der Waals surface area (Å²) in [7, 11) is 1.84. The number of hydrogen-bond acceptors (Lipinski definition) is 5. The molecule has 0 aromatic heterocycles. The van der Waals surface area contributed by atoms with E-state index in [1.165, 1.54) is 29.5 Å². The van der Waals surface area contributed by atoms with Gasteiger partial charge in [0.1, 0.15) is 5.75 Å². The van der Waals surface area contributed by atoms with E-state index in [0.29, 0.717) is 12.0 Å². The first-order valence-electron chi connectivity index (χ1n) is 15.2. The highest BCUT2D eigenvalue weighted by Crippen LogP contribution is 2.62. The molecule has 2 aromatic rings. The Hall–Kier alpha value is -3.03. The molecule has 1 saturated heterocycles. The first-order chi connectivity index (χ1) is 19.4. The molecule has 40 heavy (non-hydrogen) atoms. The maximum absolute atomic E-state index is 5.76. The van der Waals surface area contributed by atoms with Gasteiger partial charge in [0, 0.05) is 45.0 Å². The van der Waals surface area contributed by atoms with Gasteiger partial charge in [0.2, 0.25) is 5.96 Å². The average molecular weight is 543 g/mol. The van der Waals surface area contributed by atoms with Crippen molar-refractivity contribution in [2.24, 2.45) is 28.2 Å². The van der Waals surface area contributed by atoms with Gasteiger partial charge in [-0.25, -0.2) is 5.01 Å². The van der Waals surface area contributed by atoms with E-state index in [-0.39, 0.29) is 6.04 Å². The molecule has 4 fully saturated rings. The summed E-state index contributed by atoms with van der Waals surface area (Å²) < 4.78 is 5.76. The molecular weight excluding hydrogens is 496 g/mol. The Bertz CT molecular complexity index is 1250. The summed E-state index contributed by atoms with van der Waals surface area (Å²) in [6, 6.07) is 15.8. The molecule has 2 aliphatic heterocycles. The van der Waals surface area contributed by atoms with E-state index in [1.54, 1.807) is 0 Å². The Morgan fingerprint density at radius 1 is 1.07 bits per heavy atom. The van der Waals surface area contributed by atoms with Crippen LogP contribution in [0, 0.1) is 23.2 Å². The second kappa shape index (κ2) is 11.1. The molecule has 3 aliphatic carbocycles. The van der Waals surface area contributed by atoms with Crippen molar-refractivity contribution in [1.29, 1.82) is 0 Å². The number of hydrogen-bond donors (Lipinski definition) is 3. The predicted octanol–water partition coefficient (Wildman–Crippen LogP) is 5.34. The van der Waals surface area contributed by atoms with Gasteiger partial charge >= 0.3 is 0 Å². The van der Waals surface area contributed by atoms with E-state index in [2.05, 4.69) is 94.2 Å². The Labute approximate surface area is 240 Å². The van der Waals surface area contributed by atoms with Gasteiger partial charge < -0.3 is 15.4 Å². The smallest absolute Gasteiger partial charge is 0.210 e. The molecule has 5 atom stereocenters. The minimum Gasteiger partial charge on any atom is -0.494 e. The third-order valence-electron chi connectivity index (χ3n) is 10.3. The number of guanidine groups is 1. The summed E-state index contributed by atoms with van der Waals surface area (Å²) in [4.78, 5) is 7.26. The molecule has 5 aliphatic rings. The molecule has 0 amide bonds. The quantitative estimate of drug-likeness (QED) is 0.338. The first-order valence-corrected chi connectivity index (χ1v) is 15.2. The molecule has 2 aromatic carbocycles. The van der Waals surface area contributed by atoms with Crippen molar-refractivity contribution < 1.29 is 4.74 Å². The summed E-state index contributed by atoms with van der Waals surface area (Å²) >= 11 is 0. The van der Waals surface area contributed by atoms with Gasteiger partial charge in [-0.3, -0.25) is 15.3 Å². The Morgan fingerprint density at radius 2 is 1.85 bits per heavy atom. The van der Waals surface area contributed by atoms with Crippen LogP contribution in [0.15, 0.2) is 53.7 Å². The molecule has 7 rings (SSSR count). The monoisotopic (exact) mass is 542 g/mol. The predicted molar refractivity (Wildman–Crippen MR) is 164 cm³/mol. The second-order valence-corrected chi connectivity index (χ2v) is 12.6. The van der Waals surface area contributed by atoms with Crippen LogP contribution in [0.1, 0.15) is 63.3 Å². The van der Waals surface area contributed by atoms with E-state index in [1.807, 2.05) is 26.2 Å². The van der Waals surface area contributed by atoms with Crippen LogP contribution < -0.4 is 20.8 Å². The zero-order valence-corrected chi connectivity index (χ0v) is 24.8. The zero-order chi connectivity index (χ0) is 27.9. The summed E-state index contributed by atoms with van der Waals surface area (Å²) in [5.74, 6) is 4.30. The van der Waals surface area contributed by atoms with Gasteiger partial charge in [0.05, 0.1) is 12.6 Å². The van der Waals surface area contributed by atoms with E-state index < -0.39 is 0 Å². The molecule has 3 saturated carbocycles. The number of nitrogens with zero attached hydrogens (tertiary/aromatic N) is 3. The molecule has 2 bridgehead atoms. The third-order valence-corrected chi connectivity index (χ3v) is 10.3. The highest BCUT2D eigenvalue weighted by molar-refractivity contribution is 5.93. The first kappa shape index (κ1) is 27.2. The van der Waals surface area contributed by atoms with Crippen molar-refractivity contribution in [2.75, 3.05) is 45.2 Å². The molecule has 2 heterocycles. The van der Waals surface area contributed by atoms with Gasteiger partial charge in [-0.1, -0.05) is 39.0 Å². The Morgan fingerprint density at radius 3 is 2.52 bits per heavy atom. The van der Waals surface area contributed by atoms with E-state index >= 15 is 0 Å². The van der Waals surface area contributed by atoms with Gasteiger partial charge in [-0.2, -0.15) is 0 Å². The molecule has 0 radical (unpaired) electrons. The lowest BCUT2D eigenvalue weighted by Crippen LogP contribution is -2.64. The number of nitrogens with one attached hydrogen (secondary N) is 3. The summed E-state index contributed by atoms with van der Waals surface area (Å²) in [5.41, 5.74) is 8.77. The van der Waals surface area contributed by atoms with Crippen LogP contribution in [0.3, 0.4) is 0 Å². The number of rotatable bonds is 6. The van der Waals surface area contributed by atoms with Gasteiger partial charge in [-0.05, 0) is 96.2 Å². The van der Waals surface area contributed by atoms with Gasteiger partial charge in [0.15, 0.2) is 0 Å². The SMILES string of the molecule is CCOc1ccc2c(c1)C(c1ccc(NC(=NC)NN3CCN(C4CC5CC(C4C)C5(C)C)CC3)cc1)NC=C2. The minimum absolute atomic E-state index is 0.0899. The van der Waals surface area contributed by atoms with Gasteiger partial charge in [0.25, 0.3) is 0 Å². The highest BCUT2D eigenvalue weighted by Gasteiger charge is 2.57. The van der Waals surface area contributed by atoms with Crippen LogP contribution in [-0.4, -0.2) is 61.7 Å². The molecule has 5 unspecified atom stereocenters. The number of hydrazine groups is 1.